The first kappa shape index (κ1) is 29.3. The molecule has 2 amide bonds. The molecule has 2 aromatic carbocycles. The standard InChI is InChI=1S/C29H38Cl2N4O4/c1-20(2)28(39-29(37)32-3)35-25-19-22(11-9-21(25)10-12-26(35)36)38-18-5-4-13-33-14-16-34(17-15-33)24-8-6-7-23(30)27(24)31/h6-9,11,19-20,28H,4-5,10,12-18H2,1-3H3,(H,32,37). The minimum Gasteiger partial charge on any atom is -0.494 e. The lowest BCUT2D eigenvalue weighted by molar-refractivity contribution is -0.121. The van der Waals surface area contributed by atoms with Gasteiger partial charge >= 0.3 is 6.09 Å². The molecule has 2 aromatic rings. The zero-order valence-electron chi connectivity index (χ0n) is 22.9. The largest absolute Gasteiger partial charge is 0.494 e. The van der Waals surface area contributed by atoms with Crippen LogP contribution in [0.5, 0.6) is 5.75 Å². The summed E-state index contributed by atoms with van der Waals surface area (Å²) in [5.41, 5.74) is 2.80. The minimum absolute atomic E-state index is 0.0556. The van der Waals surface area contributed by atoms with Crippen molar-refractivity contribution in [3.8, 4) is 5.75 Å². The number of alkyl carbamates (subject to hydrolysis) is 1. The number of carbonyl (C=O) groups is 2. The molecule has 1 fully saturated rings. The van der Waals surface area contributed by atoms with E-state index < -0.39 is 12.3 Å². The summed E-state index contributed by atoms with van der Waals surface area (Å²) < 4.78 is 11.7. The molecule has 2 aliphatic heterocycles. The van der Waals surface area contributed by atoms with Gasteiger partial charge in [-0.2, -0.15) is 0 Å². The topological polar surface area (TPSA) is 74.3 Å². The molecule has 4 rings (SSSR count). The third-order valence-electron chi connectivity index (χ3n) is 7.23. The van der Waals surface area contributed by atoms with Crippen molar-refractivity contribution in [2.24, 2.45) is 5.92 Å². The van der Waals surface area contributed by atoms with E-state index in [1.807, 2.05) is 50.2 Å². The molecule has 2 aliphatic rings. The maximum absolute atomic E-state index is 12.9. The van der Waals surface area contributed by atoms with Crippen LogP contribution < -0.4 is 19.9 Å². The highest BCUT2D eigenvalue weighted by Crippen LogP contribution is 2.35. The predicted octanol–water partition coefficient (Wildman–Crippen LogP) is 5.59. The van der Waals surface area contributed by atoms with Gasteiger partial charge in [0.05, 0.1) is 28.0 Å². The molecule has 8 nitrogen and oxygen atoms in total. The number of hydrogen-bond donors (Lipinski definition) is 1. The van der Waals surface area contributed by atoms with Gasteiger partial charge in [-0.1, -0.05) is 49.2 Å². The predicted molar refractivity (Wildman–Crippen MR) is 156 cm³/mol. The number of piperazine rings is 1. The Morgan fingerprint density at radius 3 is 2.51 bits per heavy atom. The highest BCUT2D eigenvalue weighted by molar-refractivity contribution is 6.43. The first-order chi connectivity index (χ1) is 18.8. The lowest BCUT2D eigenvalue weighted by Crippen LogP contribution is -2.49. The van der Waals surface area contributed by atoms with Crippen LogP contribution in [0.15, 0.2) is 36.4 Å². The summed E-state index contributed by atoms with van der Waals surface area (Å²) in [5.74, 6) is 0.578. The minimum atomic E-state index is -0.692. The van der Waals surface area contributed by atoms with E-state index in [9.17, 15) is 9.59 Å². The monoisotopic (exact) mass is 576 g/mol. The van der Waals surface area contributed by atoms with E-state index >= 15 is 0 Å². The zero-order valence-corrected chi connectivity index (χ0v) is 24.4. The fourth-order valence-corrected chi connectivity index (χ4v) is 5.49. The number of nitrogens with zero attached hydrogens (tertiary/aromatic N) is 3. The molecule has 39 heavy (non-hydrogen) atoms. The van der Waals surface area contributed by atoms with Crippen molar-refractivity contribution in [1.82, 2.24) is 10.2 Å². The van der Waals surface area contributed by atoms with Crippen LogP contribution in [0.25, 0.3) is 0 Å². The third-order valence-corrected chi connectivity index (χ3v) is 8.04. The summed E-state index contributed by atoms with van der Waals surface area (Å²) in [7, 11) is 1.51. The van der Waals surface area contributed by atoms with Gasteiger partial charge in [-0.05, 0) is 49.6 Å². The molecule has 0 spiro atoms. The molecular formula is C29H38Cl2N4O4. The van der Waals surface area contributed by atoms with Gasteiger partial charge in [0.1, 0.15) is 5.75 Å². The molecule has 1 saturated heterocycles. The number of amides is 2. The number of aryl methyl sites for hydroxylation is 1. The van der Waals surface area contributed by atoms with E-state index in [4.69, 9.17) is 32.7 Å². The number of benzene rings is 2. The summed E-state index contributed by atoms with van der Waals surface area (Å²) in [6.07, 6.45) is 1.75. The fourth-order valence-electron chi connectivity index (χ4n) is 5.08. The van der Waals surface area contributed by atoms with Crippen molar-refractivity contribution < 1.29 is 19.1 Å². The Hall–Kier alpha value is -2.68. The Balaban J connectivity index is 1.26. The molecule has 0 radical (unpaired) electrons. The SMILES string of the molecule is CNC(=O)OC(C(C)C)N1C(=O)CCc2ccc(OCCCCN3CCN(c4cccc(Cl)c4Cl)CC3)cc21. The van der Waals surface area contributed by atoms with Gasteiger partial charge in [0.2, 0.25) is 5.91 Å². The van der Waals surface area contributed by atoms with E-state index in [-0.39, 0.29) is 11.8 Å². The van der Waals surface area contributed by atoms with Gasteiger partial charge < -0.3 is 19.7 Å². The van der Waals surface area contributed by atoms with Crippen LogP contribution in [0, 0.1) is 5.92 Å². The van der Waals surface area contributed by atoms with Gasteiger partial charge in [-0.25, -0.2) is 4.79 Å². The van der Waals surface area contributed by atoms with Crippen molar-refractivity contribution in [3.05, 3.63) is 52.0 Å². The third kappa shape index (κ3) is 7.29. The average Bonchev–Trinajstić information content (AvgIpc) is 2.93. The molecule has 0 saturated carbocycles. The first-order valence-corrected chi connectivity index (χ1v) is 14.4. The van der Waals surface area contributed by atoms with Crippen molar-refractivity contribution in [3.63, 3.8) is 0 Å². The number of rotatable bonds is 10. The number of ether oxygens (including phenoxy) is 2. The number of anilines is 2. The van der Waals surface area contributed by atoms with E-state index in [2.05, 4.69) is 15.1 Å². The molecule has 2 heterocycles. The Morgan fingerprint density at radius 2 is 1.79 bits per heavy atom. The molecule has 0 aliphatic carbocycles. The van der Waals surface area contributed by atoms with Crippen molar-refractivity contribution in [1.29, 1.82) is 0 Å². The Kier molecular flexibility index (Phi) is 10.2. The Labute approximate surface area is 241 Å². The molecular weight excluding hydrogens is 539 g/mol. The molecule has 1 N–H and O–H groups in total. The van der Waals surface area contributed by atoms with Gasteiger partial charge in [-0.3, -0.25) is 14.6 Å². The second kappa shape index (κ2) is 13.6. The van der Waals surface area contributed by atoms with E-state index in [1.54, 1.807) is 4.90 Å². The Bertz CT molecular complexity index is 1150. The molecule has 212 valence electrons. The molecule has 0 bridgehead atoms. The lowest BCUT2D eigenvalue weighted by Gasteiger charge is -2.37. The number of carbonyl (C=O) groups excluding carboxylic acids is 2. The van der Waals surface area contributed by atoms with Gasteiger partial charge in [0.15, 0.2) is 6.23 Å². The van der Waals surface area contributed by atoms with Crippen LogP contribution in [0.1, 0.15) is 38.7 Å². The van der Waals surface area contributed by atoms with Crippen LogP contribution in [-0.4, -0.2) is 69.5 Å². The number of unbranched alkanes of at least 4 members (excludes halogenated alkanes) is 1. The van der Waals surface area contributed by atoms with Gasteiger partial charge in [0.25, 0.3) is 0 Å². The van der Waals surface area contributed by atoms with Crippen molar-refractivity contribution in [2.75, 3.05) is 56.2 Å². The molecule has 10 heteroatoms. The van der Waals surface area contributed by atoms with Crippen LogP contribution in [0.3, 0.4) is 0 Å². The number of halogens is 2. The van der Waals surface area contributed by atoms with Gasteiger partial charge in [0, 0.05) is 51.6 Å². The van der Waals surface area contributed by atoms with Crippen LogP contribution >= 0.6 is 23.2 Å². The highest BCUT2D eigenvalue weighted by Gasteiger charge is 2.35. The molecule has 1 atom stereocenters. The lowest BCUT2D eigenvalue weighted by atomic mass is 9.98. The van der Waals surface area contributed by atoms with Crippen LogP contribution in [0.2, 0.25) is 10.0 Å². The zero-order chi connectivity index (χ0) is 27.9. The average molecular weight is 578 g/mol. The second-order valence-electron chi connectivity index (χ2n) is 10.3. The van der Waals surface area contributed by atoms with E-state index in [0.29, 0.717) is 35.2 Å². The smallest absolute Gasteiger partial charge is 0.408 e. The van der Waals surface area contributed by atoms with E-state index in [0.717, 1.165) is 62.5 Å². The first-order valence-electron chi connectivity index (χ1n) is 13.7. The molecule has 1 unspecified atom stereocenters. The number of hydrogen-bond acceptors (Lipinski definition) is 6. The maximum Gasteiger partial charge on any atom is 0.408 e. The van der Waals surface area contributed by atoms with Crippen molar-refractivity contribution in [2.45, 2.75) is 45.8 Å². The maximum atomic E-state index is 12.9. The van der Waals surface area contributed by atoms with E-state index in [1.165, 1.54) is 7.05 Å². The van der Waals surface area contributed by atoms with Crippen molar-refractivity contribution >= 4 is 46.6 Å². The fraction of sp³-hybridized carbons (Fsp3) is 0.517. The highest BCUT2D eigenvalue weighted by atomic mass is 35.5. The molecule has 0 aromatic heterocycles. The normalized spacial score (nSPS) is 16.7. The van der Waals surface area contributed by atoms with Crippen LogP contribution in [0.4, 0.5) is 16.2 Å². The summed E-state index contributed by atoms with van der Waals surface area (Å²) in [6.45, 7) is 9.27. The van der Waals surface area contributed by atoms with Crippen LogP contribution in [-0.2, 0) is 16.0 Å². The summed E-state index contributed by atoms with van der Waals surface area (Å²) in [5, 5.41) is 3.69. The number of fused-ring (bicyclic) bond motifs is 1. The Morgan fingerprint density at radius 1 is 1.03 bits per heavy atom. The summed E-state index contributed by atoms with van der Waals surface area (Å²) in [6, 6.07) is 11.6. The quantitative estimate of drug-likeness (QED) is 0.371. The second-order valence-corrected chi connectivity index (χ2v) is 11.1. The van der Waals surface area contributed by atoms with Gasteiger partial charge in [-0.15, -0.1) is 0 Å². The summed E-state index contributed by atoms with van der Waals surface area (Å²) in [4.78, 5) is 31.3. The number of nitrogens with one attached hydrogen (secondary N) is 1. The summed E-state index contributed by atoms with van der Waals surface area (Å²) >= 11 is 12.6.